The summed E-state index contributed by atoms with van der Waals surface area (Å²) in [5, 5.41) is 0. The monoisotopic (exact) mass is 205 g/mol. The van der Waals surface area contributed by atoms with Crippen molar-refractivity contribution in [3.63, 3.8) is 0 Å². The molecule has 1 unspecified atom stereocenters. The molecule has 82 valence electrons. The van der Waals surface area contributed by atoms with Gasteiger partial charge < -0.3 is 5.73 Å². The molecule has 1 heterocycles. The second-order valence-corrected chi connectivity index (χ2v) is 4.57. The molecular formula is C12H19N3. The Morgan fingerprint density at radius 1 is 1.47 bits per heavy atom. The zero-order valence-electron chi connectivity index (χ0n) is 9.32. The number of aromatic nitrogens is 2. The highest BCUT2D eigenvalue weighted by Gasteiger charge is 2.19. The van der Waals surface area contributed by atoms with Crippen molar-refractivity contribution in [3.05, 3.63) is 23.8 Å². The van der Waals surface area contributed by atoms with Crippen molar-refractivity contribution in [2.75, 3.05) is 0 Å². The maximum atomic E-state index is 5.77. The van der Waals surface area contributed by atoms with Crippen LogP contribution in [0.5, 0.6) is 0 Å². The van der Waals surface area contributed by atoms with Crippen LogP contribution >= 0.6 is 0 Å². The first-order valence-corrected chi connectivity index (χ1v) is 5.83. The molecule has 2 rings (SSSR count). The molecule has 1 aromatic heterocycles. The van der Waals surface area contributed by atoms with E-state index in [1.54, 1.807) is 0 Å². The molecule has 0 spiro atoms. The van der Waals surface area contributed by atoms with E-state index in [1.807, 2.05) is 19.2 Å². The summed E-state index contributed by atoms with van der Waals surface area (Å²) < 4.78 is 0. The van der Waals surface area contributed by atoms with E-state index in [9.17, 15) is 0 Å². The van der Waals surface area contributed by atoms with E-state index in [2.05, 4.69) is 9.97 Å². The molecule has 0 saturated heterocycles. The van der Waals surface area contributed by atoms with Gasteiger partial charge in [0.2, 0.25) is 0 Å². The molecule has 0 bridgehead atoms. The molecule has 15 heavy (non-hydrogen) atoms. The Balaban J connectivity index is 2.11. The maximum Gasteiger partial charge on any atom is 0.131 e. The van der Waals surface area contributed by atoms with Gasteiger partial charge in [-0.05, 0) is 25.8 Å². The van der Waals surface area contributed by atoms with Gasteiger partial charge in [0.1, 0.15) is 5.82 Å². The van der Waals surface area contributed by atoms with Crippen LogP contribution in [0.2, 0.25) is 0 Å². The summed E-state index contributed by atoms with van der Waals surface area (Å²) in [7, 11) is 0. The Labute approximate surface area is 91.1 Å². The van der Waals surface area contributed by atoms with Crippen LogP contribution in [0.4, 0.5) is 0 Å². The zero-order valence-corrected chi connectivity index (χ0v) is 9.32. The fourth-order valence-electron chi connectivity index (χ4n) is 2.24. The number of nitrogens with two attached hydrogens (primary N) is 1. The lowest BCUT2D eigenvalue weighted by Crippen LogP contribution is -2.19. The topological polar surface area (TPSA) is 51.8 Å². The summed E-state index contributed by atoms with van der Waals surface area (Å²) in [6, 6.07) is 2.15. The van der Waals surface area contributed by atoms with Crippen molar-refractivity contribution in [1.82, 2.24) is 9.97 Å². The molecule has 2 N–H and O–H groups in total. The second-order valence-electron chi connectivity index (χ2n) is 4.57. The SMILES string of the molecule is CC(N)Cc1ccnc(C2CCCC2)n1. The molecule has 0 amide bonds. The molecule has 0 radical (unpaired) electrons. The lowest BCUT2D eigenvalue weighted by Gasteiger charge is -2.09. The fourth-order valence-corrected chi connectivity index (χ4v) is 2.24. The summed E-state index contributed by atoms with van der Waals surface area (Å²) in [5.74, 6) is 1.63. The minimum Gasteiger partial charge on any atom is -0.328 e. The van der Waals surface area contributed by atoms with E-state index in [1.165, 1.54) is 25.7 Å². The lowest BCUT2D eigenvalue weighted by atomic mass is 10.1. The Bertz CT molecular complexity index is 316. The van der Waals surface area contributed by atoms with Crippen LogP contribution in [0.3, 0.4) is 0 Å². The Kier molecular flexibility index (Phi) is 3.31. The highest BCUT2D eigenvalue weighted by molar-refractivity contribution is 5.07. The molecule has 0 aromatic carbocycles. The van der Waals surface area contributed by atoms with Crippen LogP contribution < -0.4 is 5.73 Å². The Hall–Kier alpha value is -0.960. The molecule has 1 atom stereocenters. The molecule has 3 nitrogen and oxygen atoms in total. The first kappa shape index (κ1) is 10.6. The van der Waals surface area contributed by atoms with Gasteiger partial charge in [-0.2, -0.15) is 0 Å². The first-order valence-electron chi connectivity index (χ1n) is 5.83. The summed E-state index contributed by atoms with van der Waals surface area (Å²) in [4.78, 5) is 8.98. The van der Waals surface area contributed by atoms with Crippen molar-refractivity contribution in [1.29, 1.82) is 0 Å². The number of rotatable bonds is 3. The van der Waals surface area contributed by atoms with Crippen molar-refractivity contribution >= 4 is 0 Å². The van der Waals surface area contributed by atoms with Crippen LogP contribution in [0, 0.1) is 0 Å². The van der Waals surface area contributed by atoms with Crippen LogP contribution in [-0.2, 0) is 6.42 Å². The molecule has 1 aromatic rings. The summed E-state index contributed by atoms with van der Waals surface area (Å²) in [6.45, 7) is 2.01. The molecule has 1 aliphatic carbocycles. The minimum atomic E-state index is 0.177. The second kappa shape index (κ2) is 4.71. The van der Waals surface area contributed by atoms with Crippen LogP contribution in [0.25, 0.3) is 0 Å². The molecular weight excluding hydrogens is 186 g/mol. The van der Waals surface area contributed by atoms with Gasteiger partial charge in [0, 0.05) is 30.3 Å². The maximum absolute atomic E-state index is 5.77. The summed E-state index contributed by atoms with van der Waals surface area (Å²) in [6.07, 6.45) is 7.88. The molecule has 3 heteroatoms. The lowest BCUT2D eigenvalue weighted by molar-refractivity contribution is 0.647. The van der Waals surface area contributed by atoms with E-state index >= 15 is 0 Å². The highest BCUT2D eigenvalue weighted by atomic mass is 14.9. The van der Waals surface area contributed by atoms with E-state index in [4.69, 9.17) is 5.73 Å². The predicted molar refractivity (Wildman–Crippen MR) is 60.6 cm³/mol. The van der Waals surface area contributed by atoms with Gasteiger partial charge in [-0.25, -0.2) is 9.97 Å². The average molecular weight is 205 g/mol. The molecule has 0 aliphatic heterocycles. The van der Waals surface area contributed by atoms with Crippen molar-refractivity contribution < 1.29 is 0 Å². The van der Waals surface area contributed by atoms with Crippen LogP contribution in [0.15, 0.2) is 12.3 Å². The van der Waals surface area contributed by atoms with E-state index < -0.39 is 0 Å². The molecule has 1 fully saturated rings. The van der Waals surface area contributed by atoms with E-state index in [0.29, 0.717) is 5.92 Å². The largest absolute Gasteiger partial charge is 0.328 e. The third kappa shape index (κ3) is 2.75. The van der Waals surface area contributed by atoms with Gasteiger partial charge in [-0.3, -0.25) is 0 Å². The minimum absolute atomic E-state index is 0.177. The van der Waals surface area contributed by atoms with Crippen molar-refractivity contribution in [3.8, 4) is 0 Å². The van der Waals surface area contributed by atoms with Crippen LogP contribution in [-0.4, -0.2) is 16.0 Å². The Morgan fingerprint density at radius 3 is 2.87 bits per heavy atom. The predicted octanol–water partition coefficient (Wildman–Crippen LogP) is 2.02. The summed E-state index contributed by atoms with van der Waals surface area (Å²) >= 11 is 0. The van der Waals surface area contributed by atoms with Gasteiger partial charge in [0.15, 0.2) is 0 Å². The average Bonchev–Trinajstić information content (AvgIpc) is 2.69. The quantitative estimate of drug-likeness (QED) is 0.821. The Morgan fingerprint density at radius 2 is 2.20 bits per heavy atom. The van der Waals surface area contributed by atoms with Gasteiger partial charge >= 0.3 is 0 Å². The van der Waals surface area contributed by atoms with Gasteiger partial charge in [0.25, 0.3) is 0 Å². The molecule has 1 saturated carbocycles. The third-order valence-electron chi connectivity index (χ3n) is 2.98. The van der Waals surface area contributed by atoms with Gasteiger partial charge in [-0.1, -0.05) is 12.8 Å². The van der Waals surface area contributed by atoms with Gasteiger partial charge in [-0.15, -0.1) is 0 Å². The number of nitrogens with zero attached hydrogens (tertiary/aromatic N) is 2. The zero-order chi connectivity index (χ0) is 10.7. The van der Waals surface area contributed by atoms with E-state index in [0.717, 1.165) is 17.9 Å². The first-order chi connectivity index (χ1) is 7.25. The number of hydrogen-bond acceptors (Lipinski definition) is 3. The third-order valence-corrected chi connectivity index (χ3v) is 2.98. The smallest absolute Gasteiger partial charge is 0.131 e. The van der Waals surface area contributed by atoms with Crippen LogP contribution in [0.1, 0.15) is 50.0 Å². The van der Waals surface area contributed by atoms with Gasteiger partial charge in [0.05, 0.1) is 0 Å². The van der Waals surface area contributed by atoms with Crippen molar-refractivity contribution in [2.24, 2.45) is 5.73 Å². The van der Waals surface area contributed by atoms with Crippen molar-refractivity contribution in [2.45, 2.75) is 51.0 Å². The molecule has 1 aliphatic rings. The standard InChI is InChI=1S/C12H19N3/c1-9(13)8-11-6-7-14-12(15-11)10-4-2-3-5-10/h6-7,9-10H,2-5,8,13H2,1H3. The highest BCUT2D eigenvalue weighted by Crippen LogP contribution is 2.31. The summed E-state index contributed by atoms with van der Waals surface area (Å²) in [5.41, 5.74) is 6.85. The normalized spacial score (nSPS) is 19.3. The van der Waals surface area contributed by atoms with E-state index in [-0.39, 0.29) is 6.04 Å². The number of hydrogen-bond donors (Lipinski definition) is 1. The fraction of sp³-hybridized carbons (Fsp3) is 0.667.